The Morgan fingerprint density at radius 1 is 1.17 bits per heavy atom. The summed E-state index contributed by atoms with van der Waals surface area (Å²) in [5, 5.41) is 12.9. The molecule has 4 rings (SSSR count). The van der Waals surface area contributed by atoms with Crippen LogP contribution in [0, 0.1) is 19.8 Å². The minimum Gasteiger partial charge on any atom is -0.491 e. The van der Waals surface area contributed by atoms with Gasteiger partial charge in [-0.05, 0) is 63.1 Å². The van der Waals surface area contributed by atoms with E-state index < -0.39 is 29.8 Å². The second-order valence-corrected chi connectivity index (χ2v) is 11.4. The molecule has 3 heterocycles. The number of fused-ring (bicyclic) bond motifs is 2. The van der Waals surface area contributed by atoms with E-state index in [1.807, 2.05) is 34.7 Å². The van der Waals surface area contributed by atoms with Crippen LogP contribution in [0.3, 0.4) is 0 Å². The predicted molar refractivity (Wildman–Crippen MR) is 153 cm³/mol. The van der Waals surface area contributed by atoms with Crippen molar-refractivity contribution in [1.29, 1.82) is 0 Å². The number of aromatic nitrogens is 2. The van der Waals surface area contributed by atoms with Crippen LogP contribution in [0.4, 0.5) is 0 Å². The number of para-hydroxylation sites is 1. The van der Waals surface area contributed by atoms with Crippen LogP contribution in [0.25, 0.3) is 0 Å². The zero-order valence-corrected chi connectivity index (χ0v) is 24.7. The summed E-state index contributed by atoms with van der Waals surface area (Å²) in [6, 6.07) is 4.77. The topological polar surface area (TPSA) is 135 Å². The quantitative estimate of drug-likeness (QED) is 0.488. The van der Waals surface area contributed by atoms with Crippen LogP contribution in [0.1, 0.15) is 66.8 Å². The van der Waals surface area contributed by atoms with Crippen molar-refractivity contribution in [2.75, 3.05) is 19.7 Å². The van der Waals surface area contributed by atoms with E-state index in [-0.39, 0.29) is 36.5 Å². The summed E-state index contributed by atoms with van der Waals surface area (Å²) >= 11 is 0. The van der Waals surface area contributed by atoms with Gasteiger partial charge in [-0.25, -0.2) is 0 Å². The van der Waals surface area contributed by atoms with E-state index >= 15 is 0 Å². The Morgan fingerprint density at radius 2 is 1.93 bits per heavy atom. The fourth-order valence-corrected chi connectivity index (χ4v) is 5.66. The van der Waals surface area contributed by atoms with Crippen LogP contribution >= 0.6 is 0 Å². The summed E-state index contributed by atoms with van der Waals surface area (Å²) in [6.45, 7) is 9.01. The summed E-state index contributed by atoms with van der Waals surface area (Å²) in [5.41, 5.74) is 3.21. The Hall–Kier alpha value is -3.89. The molecule has 1 saturated heterocycles. The van der Waals surface area contributed by atoms with E-state index in [1.165, 1.54) is 0 Å². The molecule has 2 aliphatic heterocycles. The molecule has 11 heteroatoms. The van der Waals surface area contributed by atoms with Gasteiger partial charge in [-0.2, -0.15) is 5.10 Å². The number of ether oxygens (including phenoxy) is 1. The van der Waals surface area contributed by atoms with Crippen LogP contribution < -0.4 is 20.7 Å². The maximum atomic E-state index is 13.6. The summed E-state index contributed by atoms with van der Waals surface area (Å²) in [5.74, 6) is -1.08. The van der Waals surface area contributed by atoms with Gasteiger partial charge in [0.05, 0.1) is 23.7 Å². The molecule has 3 N–H and O–H groups in total. The first-order chi connectivity index (χ1) is 19.5. The van der Waals surface area contributed by atoms with Crippen molar-refractivity contribution < 1.29 is 23.9 Å². The molecule has 2 aliphatic rings. The minimum absolute atomic E-state index is 0.143. The molecule has 222 valence electrons. The van der Waals surface area contributed by atoms with Crippen LogP contribution in [-0.2, 0) is 27.9 Å². The standard InChI is InChI=1S/C30H42N6O5/c1-18(2)15-25-30(40)36-14-8-9-21(36)17-41-26-11-7-6-10-23(26)28(38)33-24(16-27(37)32-25)29(39)31-13-12-22-19(3)34-35(5)20(22)4/h6-7,10-11,18,21,24-25H,8-9,12-17H2,1-5H3,(H,31,39)(H,32,37)(H,33,38)/t21-,24+,25+/m1/s1. The maximum Gasteiger partial charge on any atom is 0.255 e. The highest BCUT2D eigenvalue weighted by molar-refractivity contribution is 6.01. The zero-order valence-electron chi connectivity index (χ0n) is 24.7. The molecule has 0 radical (unpaired) electrons. The molecular formula is C30H42N6O5. The van der Waals surface area contributed by atoms with Crippen molar-refractivity contribution >= 4 is 23.6 Å². The van der Waals surface area contributed by atoms with Gasteiger partial charge >= 0.3 is 0 Å². The molecule has 1 fully saturated rings. The smallest absolute Gasteiger partial charge is 0.255 e. The maximum absolute atomic E-state index is 13.6. The van der Waals surface area contributed by atoms with Crippen molar-refractivity contribution in [1.82, 2.24) is 30.6 Å². The number of benzene rings is 1. The number of carbonyl (C=O) groups is 4. The lowest BCUT2D eigenvalue weighted by Gasteiger charge is -2.31. The fourth-order valence-electron chi connectivity index (χ4n) is 5.66. The van der Waals surface area contributed by atoms with Gasteiger partial charge in [-0.3, -0.25) is 23.9 Å². The van der Waals surface area contributed by atoms with E-state index in [1.54, 1.807) is 33.8 Å². The van der Waals surface area contributed by atoms with Gasteiger partial charge in [-0.15, -0.1) is 0 Å². The van der Waals surface area contributed by atoms with Crippen molar-refractivity contribution in [2.24, 2.45) is 13.0 Å². The van der Waals surface area contributed by atoms with E-state index in [4.69, 9.17) is 4.74 Å². The monoisotopic (exact) mass is 566 g/mol. The number of hydrogen-bond donors (Lipinski definition) is 3. The Kier molecular flexibility index (Phi) is 9.67. The Balaban J connectivity index is 1.57. The SMILES string of the molecule is Cc1nn(C)c(C)c1CCNC(=O)[C@@H]1CC(=O)N[C@@H](CC(C)C)C(=O)N2CCC[C@@H]2COc2ccccc2C(=O)N1. The van der Waals surface area contributed by atoms with Gasteiger partial charge in [0.15, 0.2) is 0 Å². The first-order valence-electron chi connectivity index (χ1n) is 14.4. The zero-order chi connectivity index (χ0) is 29.7. The second kappa shape index (κ2) is 13.2. The highest BCUT2D eigenvalue weighted by atomic mass is 16.5. The number of carbonyl (C=O) groups excluding carboxylic acids is 4. The molecule has 0 aliphatic carbocycles. The number of rotatable bonds is 6. The van der Waals surface area contributed by atoms with Crippen molar-refractivity contribution in [3.05, 3.63) is 46.8 Å². The van der Waals surface area contributed by atoms with E-state index in [2.05, 4.69) is 21.0 Å². The Morgan fingerprint density at radius 3 is 2.63 bits per heavy atom. The number of nitrogens with one attached hydrogen (secondary N) is 3. The third-order valence-corrected chi connectivity index (χ3v) is 7.91. The summed E-state index contributed by atoms with van der Waals surface area (Å²) in [6.07, 6.45) is 2.33. The largest absolute Gasteiger partial charge is 0.491 e. The molecule has 0 saturated carbocycles. The first-order valence-corrected chi connectivity index (χ1v) is 14.4. The molecule has 11 nitrogen and oxygen atoms in total. The van der Waals surface area contributed by atoms with Gasteiger partial charge < -0.3 is 25.6 Å². The third-order valence-electron chi connectivity index (χ3n) is 7.91. The molecule has 0 bridgehead atoms. The molecule has 3 atom stereocenters. The average molecular weight is 567 g/mol. The predicted octanol–water partition coefficient (Wildman–Crippen LogP) is 1.80. The number of nitrogens with zero attached hydrogens (tertiary/aromatic N) is 3. The number of amides is 4. The normalized spacial score (nSPS) is 21.9. The molecule has 2 aromatic rings. The van der Waals surface area contributed by atoms with E-state index in [0.29, 0.717) is 31.7 Å². The highest BCUT2D eigenvalue weighted by Gasteiger charge is 2.36. The second-order valence-electron chi connectivity index (χ2n) is 11.4. The number of aryl methyl sites for hydroxylation is 2. The number of hydrogen-bond acceptors (Lipinski definition) is 6. The molecule has 1 aromatic heterocycles. The molecule has 0 unspecified atom stereocenters. The van der Waals surface area contributed by atoms with Gasteiger partial charge in [0.1, 0.15) is 24.4 Å². The van der Waals surface area contributed by atoms with E-state index in [0.717, 1.165) is 29.8 Å². The van der Waals surface area contributed by atoms with Gasteiger partial charge in [-0.1, -0.05) is 26.0 Å². The molecule has 41 heavy (non-hydrogen) atoms. The van der Waals surface area contributed by atoms with Crippen molar-refractivity contribution in [3.8, 4) is 5.75 Å². The Labute approximate surface area is 241 Å². The highest BCUT2D eigenvalue weighted by Crippen LogP contribution is 2.24. The third kappa shape index (κ3) is 7.25. The summed E-state index contributed by atoms with van der Waals surface area (Å²) in [4.78, 5) is 55.4. The lowest BCUT2D eigenvalue weighted by atomic mass is 10.0. The fraction of sp³-hybridized carbons (Fsp3) is 0.567. The molecule has 4 amide bonds. The molecular weight excluding hydrogens is 524 g/mol. The average Bonchev–Trinajstić information content (AvgIpc) is 3.49. The van der Waals surface area contributed by atoms with Crippen molar-refractivity contribution in [3.63, 3.8) is 0 Å². The van der Waals surface area contributed by atoms with Crippen LogP contribution in [-0.4, -0.2) is 76.1 Å². The molecule has 0 spiro atoms. The van der Waals surface area contributed by atoms with Crippen LogP contribution in [0.15, 0.2) is 24.3 Å². The first kappa shape index (κ1) is 30.1. The summed E-state index contributed by atoms with van der Waals surface area (Å²) in [7, 11) is 1.87. The van der Waals surface area contributed by atoms with Crippen LogP contribution in [0.5, 0.6) is 5.75 Å². The molecule has 1 aromatic carbocycles. The van der Waals surface area contributed by atoms with Gasteiger partial charge in [0, 0.05) is 25.8 Å². The Bertz CT molecular complexity index is 1290. The minimum atomic E-state index is -1.15. The van der Waals surface area contributed by atoms with Crippen LogP contribution in [0.2, 0.25) is 0 Å². The lowest BCUT2D eigenvalue weighted by Crippen LogP contribution is -2.54. The van der Waals surface area contributed by atoms with Gasteiger partial charge in [0.2, 0.25) is 17.7 Å². The van der Waals surface area contributed by atoms with Crippen molar-refractivity contribution in [2.45, 2.75) is 77.9 Å². The summed E-state index contributed by atoms with van der Waals surface area (Å²) < 4.78 is 7.89. The van der Waals surface area contributed by atoms with Gasteiger partial charge in [0.25, 0.3) is 5.91 Å². The van der Waals surface area contributed by atoms with E-state index in [9.17, 15) is 19.2 Å². The lowest BCUT2D eigenvalue weighted by molar-refractivity contribution is -0.138.